The Morgan fingerprint density at radius 3 is 2.24 bits per heavy atom. The van der Waals surface area contributed by atoms with E-state index < -0.39 is 18.0 Å². The maximum absolute atomic E-state index is 11.5. The molecular weight excluding hydrogens is 220 g/mol. The molecule has 0 spiro atoms. The summed E-state index contributed by atoms with van der Waals surface area (Å²) in [5.74, 6) is -0.129. The predicted octanol–water partition coefficient (Wildman–Crippen LogP) is 1.83. The first-order chi connectivity index (χ1) is 7.88. The van der Waals surface area contributed by atoms with Gasteiger partial charge in [-0.25, -0.2) is 9.59 Å². The highest BCUT2D eigenvalue weighted by Crippen LogP contribution is 2.07. The standard InChI is InChI=1S/C12H24N2O3/c1-5-6-10(11(15)16)14-12(17)13-7-9(4)8(2)3/h8-10H,5-7H2,1-4H3,(H,15,16)(H2,13,14,17)/t9?,10-/m1/s1. The van der Waals surface area contributed by atoms with Crippen molar-refractivity contribution in [2.24, 2.45) is 11.8 Å². The van der Waals surface area contributed by atoms with E-state index in [0.29, 0.717) is 24.8 Å². The number of rotatable bonds is 7. The molecule has 5 heteroatoms. The molecule has 0 aliphatic heterocycles. The van der Waals surface area contributed by atoms with E-state index in [1.807, 2.05) is 13.8 Å². The Balaban J connectivity index is 4.02. The summed E-state index contributed by atoms with van der Waals surface area (Å²) in [6.07, 6.45) is 1.17. The summed E-state index contributed by atoms with van der Waals surface area (Å²) in [6, 6.07) is -1.20. The summed E-state index contributed by atoms with van der Waals surface area (Å²) < 4.78 is 0. The normalized spacial score (nSPS) is 14.2. The fraction of sp³-hybridized carbons (Fsp3) is 0.833. The number of urea groups is 1. The second-order valence-corrected chi connectivity index (χ2v) is 4.76. The molecule has 0 fully saturated rings. The van der Waals surface area contributed by atoms with Gasteiger partial charge in [-0.15, -0.1) is 0 Å². The van der Waals surface area contributed by atoms with E-state index in [2.05, 4.69) is 24.5 Å². The summed E-state index contributed by atoms with van der Waals surface area (Å²) in [4.78, 5) is 22.3. The van der Waals surface area contributed by atoms with Gasteiger partial charge in [0.05, 0.1) is 0 Å². The Bertz CT molecular complexity index is 254. The molecule has 3 N–H and O–H groups in total. The van der Waals surface area contributed by atoms with Gasteiger partial charge < -0.3 is 15.7 Å². The number of carboxylic acids is 1. The van der Waals surface area contributed by atoms with Crippen LogP contribution in [0.25, 0.3) is 0 Å². The first-order valence-electron chi connectivity index (χ1n) is 6.15. The number of carboxylic acid groups (broad SMARTS) is 1. The van der Waals surface area contributed by atoms with E-state index in [1.54, 1.807) is 0 Å². The van der Waals surface area contributed by atoms with Gasteiger partial charge in [0.2, 0.25) is 0 Å². The Morgan fingerprint density at radius 2 is 1.82 bits per heavy atom. The molecule has 2 amide bonds. The number of carbonyl (C=O) groups is 2. The van der Waals surface area contributed by atoms with Crippen molar-refractivity contribution < 1.29 is 14.7 Å². The lowest BCUT2D eigenvalue weighted by molar-refractivity contribution is -0.139. The molecule has 2 atom stereocenters. The van der Waals surface area contributed by atoms with Crippen LogP contribution in [0.1, 0.15) is 40.5 Å². The average Bonchev–Trinajstić information content (AvgIpc) is 2.24. The van der Waals surface area contributed by atoms with E-state index in [0.717, 1.165) is 6.42 Å². The molecule has 5 nitrogen and oxygen atoms in total. The van der Waals surface area contributed by atoms with E-state index in [9.17, 15) is 9.59 Å². The van der Waals surface area contributed by atoms with Gasteiger partial charge in [-0.1, -0.05) is 34.1 Å². The third-order valence-electron chi connectivity index (χ3n) is 2.90. The minimum Gasteiger partial charge on any atom is -0.480 e. The third kappa shape index (κ3) is 6.81. The zero-order chi connectivity index (χ0) is 13.4. The van der Waals surface area contributed by atoms with E-state index >= 15 is 0 Å². The number of carbonyl (C=O) groups excluding carboxylic acids is 1. The summed E-state index contributed by atoms with van der Waals surface area (Å²) in [7, 11) is 0. The molecule has 1 unspecified atom stereocenters. The minimum atomic E-state index is -0.987. The molecule has 0 aliphatic carbocycles. The maximum Gasteiger partial charge on any atom is 0.326 e. The summed E-state index contributed by atoms with van der Waals surface area (Å²) >= 11 is 0. The van der Waals surface area contributed by atoms with Crippen LogP contribution in [0.2, 0.25) is 0 Å². The number of hydrogen-bond acceptors (Lipinski definition) is 2. The van der Waals surface area contributed by atoms with Crippen LogP contribution in [0.4, 0.5) is 4.79 Å². The zero-order valence-electron chi connectivity index (χ0n) is 11.1. The van der Waals surface area contributed by atoms with Gasteiger partial charge in [0, 0.05) is 6.54 Å². The quantitative estimate of drug-likeness (QED) is 0.639. The number of nitrogens with one attached hydrogen (secondary N) is 2. The second kappa shape index (κ2) is 7.92. The third-order valence-corrected chi connectivity index (χ3v) is 2.90. The molecule has 0 heterocycles. The second-order valence-electron chi connectivity index (χ2n) is 4.76. The number of hydrogen-bond donors (Lipinski definition) is 3. The Morgan fingerprint density at radius 1 is 1.24 bits per heavy atom. The van der Waals surface area contributed by atoms with Crippen LogP contribution in [0.5, 0.6) is 0 Å². The summed E-state index contributed by atoms with van der Waals surface area (Å²) in [5, 5.41) is 14.0. The zero-order valence-corrected chi connectivity index (χ0v) is 11.1. The molecule has 0 bridgehead atoms. The van der Waals surface area contributed by atoms with E-state index in [4.69, 9.17) is 5.11 Å². The molecule has 0 aromatic carbocycles. The van der Waals surface area contributed by atoms with Crippen LogP contribution in [0.15, 0.2) is 0 Å². The molecule has 0 saturated carbocycles. The molecule has 0 aliphatic rings. The Hall–Kier alpha value is -1.26. The molecule has 0 saturated heterocycles. The van der Waals surface area contributed by atoms with Gasteiger partial charge in [0.25, 0.3) is 0 Å². The van der Waals surface area contributed by atoms with E-state index in [-0.39, 0.29) is 0 Å². The lowest BCUT2D eigenvalue weighted by Gasteiger charge is -2.18. The van der Waals surface area contributed by atoms with Gasteiger partial charge in [-0.3, -0.25) is 0 Å². The smallest absolute Gasteiger partial charge is 0.326 e. The molecule has 0 rings (SSSR count). The molecule has 0 aromatic rings. The van der Waals surface area contributed by atoms with Crippen molar-refractivity contribution in [1.82, 2.24) is 10.6 Å². The van der Waals surface area contributed by atoms with Crippen molar-refractivity contribution >= 4 is 12.0 Å². The van der Waals surface area contributed by atoms with Crippen LogP contribution in [0, 0.1) is 11.8 Å². The average molecular weight is 244 g/mol. The van der Waals surface area contributed by atoms with Gasteiger partial charge in [-0.2, -0.15) is 0 Å². The van der Waals surface area contributed by atoms with Crippen molar-refractivity contribution in [3.8, 4) is 0 Å². The highest BCUT2D eigenvalue weighted by molar-refractivity contribution is 5.82. The molecule has 0 aromatic heterocycles. The van der Waals surface area contributed by atoms with Crippen molar-refractivity contribution in [1.29, 1.82) is 0 Å². The monoisotopic (exact) mass is 244 g/mol. The van der Waals surface area contributed by atoms with Crippen molar-refractivity contribution in [2.45, 2.75) is 46.6 Å². The van der Waals surface area contributed by atoms with Crippen molar-refractivity contribution in [3.63, 3.8) is 0 Å². The van der Waals surface area contributed by atoms with Crippen LogP contribution in [-0.2, 0) is 4.79 Å². The number of amides is 2. The van der Waals surface area contributed by atoms with Gasteiger partial charge in [0.15, 0.2) is 0 Å². The SMILES string of the molecule is CCC[C@@H](NC(=O)NCC(C)C(C)C)C(=O)O. The van der Waals surface area contributed by atoms with Gasteiger partial charge in [-0.05, 0) is 18.3 Å². The predicted molar refractivity (Wildman–Crippen MR) is 66.9 cm³/mol. The summed E-state index contributed by atoms with van der Waals surface area (Å²) in [6.45, 7) is 8.66. The van der Waals surface area contributed by atoms with Crippen LogP contribution >= 0.6 is 0 Å². The topological polar surface area (TPSA) is 78.4 Å². The fourth-order valence-corrected chi connectivity index (χ4v) is 1.24. The largest absolute Gasteiger partial charge is 0.480 e. The van der Waals surface area contributed by atoms with Crippen LogP contribution < -0.4 is 10.6 Å². The van der Waals surface area contributed by atoms with Crippen LogP contribution in [-0.4, -0.2) is 29.7 Å². The summed E-state index contributed by atoms with van der Waals surface area (Å²) in [5.41, 5.74) is 0. The molecule has 0 radical (unpaired) electrons. The van der Waals surface area contributed by atoms with Gasteiger partial charge >= 0.3 is 12.0 Å². The fourth-order valence-electron chi connectivity index (χ4n) is 1.24. The highest BCUT2D eigenvalue weighted by Gasteiger charge is 2.18. The molecule has 17 heavy (non-hydrogen) atoms. The first kappa shape index (κ1) is 15.7. The molecule has 100 valence electrons. The number of aliphatic carboxylic acids is 1. The lowest BCUT2D eigenvalue weighted by Crippen LogP contribution is -2.47. The van der Waals surface area contributed by atoms with Crippen molar-refractivity contribution in [3.05, 3.63) is 0 Å². The molecular formula is C12H24N2O3. The highest BCUT2D eigenvalue weighted by atomic mass is 16.4. The Kier molecular flexibility index (Phi) is 7.34. The van der Waals surface area contributed by atoms with Crippen LogP contribution in [0.3, 0.4) is 0 Å². The lowest BCUT2D eigenvalue weighted by atomic mass is 9.98. The Labute approximate surface area is 103 Å². The minimum absolute atomic E-state index is 0.371. The van der Waals surface area contributed by atoms with Crippen molar-refractivity contribution in [2.75, 3.05) is 6.54 Å². The van der Waals surface area contributed by atoms with E-state index in [1.165, 1.54) is 0 Å². The maximum atomic E-state index is 11.5. The van der Waals surface area contributed by atoms with Gasteiger partial charge in [0.1, 0.15) is 6.04 Å². The first-order valence-corrected chi connectivity index (χ1v) is 6.15.